The third kappa shape index (κ3) is 2.74. The second-order valence-electron chi connectivity index (χ2n) is 5.30. The monoisotopic (exact) mass is 297 g/mol. The number of aromatic nitrogens is 1. The van der Waals surface area contributed by atoms with Crippen molar-refractivity contribution in [2.24, 2.45) is 0 Å². The summed E-state index contributed by atoms with van der Waals surface area (Å²) in [6.07, 6.45) is 2.21. The van der Waals surface area contributed by atoms with Gasteiger partial charge >= 0.3 is 6.09 Å². The van der Waals surface area contributed by atoms with Gasteiger partial charge in [0.05, 0.1) is 18.5 Å². The molecule has 0 bridgehead atoms. The first-order chi connectivity index (χ1) is 10.7. The van der Waals surface area contributed by atoms with Crippen molar-refractivity contribution in [2.45, 2.75) is 26.3 Å². The van der Waals surface area contributed by atoms with Crippen molar-refractivity contribution in [3.05, 3.63) is 48.2 Å². The Morgan fingerprint density at radius 3 is 2.91 bits per heavy atom. The molecule has 22 heavy (non-hydrogen) atoms. The number of nitrogens with one attached hydrogen (secondary N) is 1. The molecule has 0 radical (unpaired) electrons. The molecule has 0 spiro atoms. The van der Waals surface area contributed by atoms with Crippen LogP contribution in [0.1, 0.15) is 19.4 Å². The zero-order valence-corrected chi connectivity index (χ0v) is 12.7. The Hall–Kier alpha value is -2.56. The molecule has 1 atom stereocenters. The first-order valence-corrected chi connectivity index (χ1v) is 7.46. The van der Waals surface area contributed by atoms with E-state index in [1.807, 2.05) is 18.2 Å². The molecule has 1 amide bonds. The van der Waals surface area contributed by atoms with Gasteiger partial charge in [-0.25, -0.2) is 9.78 Å². The first-order valence-electron chi connectivity index (χ1n) is 7.46. The highest BCUT2D eigenvalue weighted by Crippen LogP contribution is 2.37. The van der Waals surface area contributed by atoms with Crippen LogP contribution in [-0.4, -0.2) is 23.7 Å². The van der Waals surface area contributed by atoms with Crippen LogP contribution in [-0.2, 0) is 11.2 Å². The highest BCUT2D eigenvalue weighted by molar-refractivity contribution is 5.84. The summed E-state index contributed by atoms with van der Waals surface area (Å²) >= 11 is 0. The van der Waals surface area contributed by atoms with Crippen LogP contribution in [0, 0.1) is 0 Å². The number of hydrogen-bond acceptors (Lipinski definition) is 4. The Bertz CT molecular complexity index is 670. The Morgan fingerprint density at radius 1 is 1.36 bits per heavy atom. The SMILES string of the molecule is CCOC(=O)Nc1ccc(N2c3ccccc3CC2C)nc1. The van der Waals surface area contributed by atoms with Crippen LogP contribution in [0.4, 0.5) is 22.0 Å². The van der Waals surface area contributed by atoms with Crippen LogP contribution in [0.15, 0.2) is 42.6 Å². The fraction of sp³-hybridized carbons (Fsp3) is 0.294. The van der Waals surface area contributed by atoms with E-state index in [9.17, 15) is 4.79 Å². The van der Waals surface area contributed by atoms with Crippen molar-refractivity contribution in [3.63, 3.8) is 0 Å². The Labute approximate surface area is 129 Å². The van der Waals surface area contributed by atoms with Gasteiger partial charge in [-0.3, -0.25) is 5.32 Å². The van der Waals surface area contributed by atoms with Crippen molar-refractivity contribution in [2.75, 3.05) is 16.8 Å². The molecular formula is C17H19N3O2. The number of nitrogens with zero attached hydrogens (tertiary/aromatic N) is 2. The molecule has 3 rings (SSSR count). The summed E-state index contributed by atoms with van der Waals surface area (Å²) in [6.45, 7) is 4.30. The highest BCUT2D eigenvalue weighted by Gasteiger charge is 2.27. The number of carbonyl (C=O) groups excluding carboxylic acids is 1. The summed E-state index contributed by atoms with van der Waals surface area (Å²) in [6, 6.07) is 12.5. The lowest BCUT2D eigenvalue weighted by Gasteiger charge is -2.23. The van der Waals surface area contributed by atoms with E-state index < -0.39 is 6.09 Å². The van der Waals surface area contributed by atoms with Crippen LogP contribution in [0.5, 0.6) is 0 Å². The van der Waals surface area contributed by atoms with E-state index in [-0.39, 0.29) is 0 Å². The number of pyridine rings is 1. The maximum atomic E-state index is 11.4. The lowest BCUT2D eigenvalue weighted by atomic mass is 10.1. The predicted molar refractivity (Wildman–Crippen MR) is 86.6 cm³/mol. The summed E-state index contributed by atoms with van der Waals surface area (Å²) in [5.41, 5.74) is 3.17. The van der Waals surface area contributed by atoms with E-state index in [0.717, 1.165) is 12.2 Å². The van der Waals surface area contributed by atoms with E-state index >= 15 is 0 Å². The largest absolute Gasteiger partial charge is 0.450 e. The fourth-order valence-corrected chi connectivity index (χ4v) is 2.80. The molecule has 0 saturated heterocycles. The van der Waals surface area contributed by atoms with Crippen LogP contribution >= 0.6 is 0 Å². The minimum absolute atomic E-state index is 0.347. The lowest BCUT2D eigenvalue weighted by Crippen LogP contribution is -2.24. The summed E-state index contributed by atoms with van der Waals surface area (Å²) in [5, 5.41) is 2.65. The van der Waals surface area contributed by atoms with Crippen LogP contribution in [0.25, 0.3) is 0 Å². The number of anilines is 3. The number of amides is 1. The second-order valence-corrected chi connectivity index (χ2v) is 5.30. The number of para-hydroxylation sites is 1. The quantitative estimate of drug-likeness (QED) is 0.938. The minimum Gasteiger partial charge on any atom is -0.450 e. The van der Waals surface area contributed by atoms with Gasteiger partial charge in [-0.05, 0) is 44.0 Å². The van der Waals surface area contributed by atoms with Crippen LogP contribution < -0.4 is 10.2 Å². The van der Waals surface area contributed by atoms with Crippen molar-refractivity contribution in [3.8, 4) is 0 Å². The van der Waals surface area contributed by atoms with Gasteiger partial charge in [0.15, 0.2) is 0 Å². The number of fused-ring (bicyclic) bond motifs is 1. The fourth-order valence-electron chi connectivity index (χ4n) is 2.80. The predicted octanol–water partition coefficient (Wildman–Crippen LogP) is 3.73. The summed E-state index contributed by atoms with van der Waals surface area (Å²) in [5.74, 6) is 0.881. The van der Waals surface area contributed by atoms with E-state index in [1.165, 1.54) is 11.3 Å². The molecule has 0 aliphatic carbocycles. The van der Waals surface area contributed by atoms with Crippen molar-refractivity contribution < 1.29 is 9.53 Å². The maximum absolute atomic E-state index is 11.4. The molecule has 1 aromatic heterocycles. The number of carbonyl (C=O) groups is 1. The lowest BCUT2D eigenvalue weighted by molar-refractivity contribution is 0.168. The molecule has 5 heteroatoms. The van der Waals surface area contributed by atoms with Crippen molar-refractivity contribution >= 4 is 23.3 Å². The van der Waals surface area contributed by atoms with E-state index in [1.54, 1.807) is 13.1 Å². The Balaban J connectivity index is 1.80. The molecule has 1 aromatic carbocycles. The second kappa shape index (κ2) is 6.05. The summed E-state index contributed by atoms with van der Waals surface area (Å²) in [7, 11) is 0. The maximum Gasteiger partial charge on any atom is 0.411 e. The number of benzene rings is 1. The summed E-state index contributed by atoms with van der Waals surface area (Å²) in [4.78, 5) is 18.1. The van der Waals surface area contributed by atoms with E-state index in [0.29, 0.717) is 18.3 Å². The minimum atomic E-state index is -0.461. The Morgan fingerprint density at radius 2 is 2.18 bits per heavy atom. The van der Waals surface area contributed by atoms with Gasteiger partial charge in [0.2, 0.25) is 0 Å². The molecule has 2 aromatic rings. The van der Waals surface area contributed by atoms with Gasteiger partial charge in [0.25, 0.3) is 0 Å². The Kier molecular flexibility index (Phi) is 3.96. The average molecular weight is 297 g/mol. The van der Waals surface area contributed by atoms with Gasteiger partial charge in [-0.15, -0.1) is 0 Å². The number of rotatable bonds is 3. The van der Waals surface area contributed by atoms with E-state index in [4.69, 9.17) is 4.74 Å². The third-order valence-electron chi connectivity index (χ3n) is 3.72. The number of hydrogen-bond donors (Lipinski definition) is 1. The molecule has 114 valence electrons. The average Bonchev–Trinajstić information content (AvgIpc) is 2.84. The zero-order chi connectivity index (χ0) is 15.5. The van der Waals surface area contributed by atoms with Gasteiger partial charge in [0, 0.05) is 11.7 Å². The van der Waals surface area contributed by atoms with Crippen molar-refractivity contribution in [1.29, 1.82) is 0 Å². The zero-order valence-electron chi connectivity index (χ0n) is 12.7. The van der Waals surface area contributed by atoms with Gasteiger partial charge in [-0.1, -0.05) is 18.2 Å². The molecule has 1 aliphatic rings. The highest BCUT2D eigenvalue weighted by atomic mass is 16.5. The molecule has 5 nitrogen and oxygen atoms in total. The molecule has 1 unspecified atom stereocenters. The normalized spacial score (nSPS) is 16.3. The van der Waals surface area contributed by atoms with Crippen LogP contribution in [0.3, 0.4) is 0 Å². The van der Waals surface area contributed by atoms with Crippen LogP contribution in [0.2, 0.25) is 0 Å². The molecule has 1 aliphatic heterocycles. The van der Waals surface area contributed by atoms with Crippen molar-refractivity contribution in [1.82, 2.24) is 4.98 Å². The number of ether oxygens (including phenoxy) is 1. The first kappa shape index (κ1) is 14.4. The molecule has 2 heterocycles. The summed E-state index contributed by atoms with van der Waals surface area (Å²) < 4.78 is 4.85. The smallest absolute Gasteiger partial charge is 0.411 e. The van der Waals surface area contributed by atoms with E-state index in [2.05, 4.69) is 40.3 Å². The molecule has 0 fully saturated rings. The molecular weight excluding hydrogens is 278 g/mol. The van der Waals surface area contributed by atoms with Gasteiger partial charge in [-0.2, -0.15) is 0 Å². The van der Waals surface area contributed by atoms with Gasteiger partial charge in [0.1, 0.15) is 5.82 Å². The topological polar surface area (TPSA) is 54.5 Å². The third-order valence-corrected chi connectivity index (χ3v) is 3.72. The molecule has 0 saturated carbocycles. The molecule has 1 N–H and O–H groups in total. The standard InChI is InChI=1S/C17H19N3O2/c1-3-22-17(21)19-14-8-9-16(18-11-14)20-12(2)10-13-6-4-5-7-15(13)20/h4-9,11-12H,3,10H2,1-2H3,(H,19,21). The van der Waals surface area contributed by atoms with Gasteiger partial charge < -0.3 is 9.64 Å².